The van der Waals surface area contributed by atoms with Crippen molar-refractivity contribution in [1.29, 1.82) is 0 Å². The standard InChI is InChI=1S/C11H16N2O/c1-8-5-4-6-9(11(8)12)10(14)7-13(2)3/h4-6H,7,12H2,1-3H3. The van der Waals surface area contributed by atoms with E-state index in [1.54, 1.807) is 6.07 Å². The second-order valence-corrected chi connectivity index (χ2v) is 3.70. The van der Waals surface area contributed by atoms with Crippen molar-refractivity contribution < 1.29 is 4.79 Å². The zero-order chi connectivity index (χ0) is 10.7. The Morgan fingerprint density at radius 1 is 1.43 bits per heavy atom. The number of carbonyl (C=O) groups is 1. The van der Waals surface area contributed by atoms with Gasteiger partial charge in [-0.15, -0.1) is 0 Å². The Morgan fingerprint density at radius 2 is 2.07 bits per heavy atom. The van der Waals surface area contributed by atoms with Gasteiger partial charge in [-0.1, -0.05) is 12.1 Å². The molecule has 3 heteroatoms. The maximum Gasteiger partial charge on any atom is 0.178 e. The molecule has 0 fully saturated rings. The molecule has 1 aromatic carbocycles. The van der Waals surface area contributed by atoms with Crippen LogP contribution in [0.2, 0.25) is 0 Å². The molecule has 0 amide bonds. The summed E-state index contributed by atoms with van der Waals surface area (Å²) in [6, 6.07) is 5.53. The number of ketones is 1. The summed E-state index contributed by atoms with van der Waals surface area (Å²) in [5.41, 5.74) is 7.99. The average Bonchev–Trinajstić information content (AvgIpc) is 2.08. The summed E-state index contributed by atoms with van der Waals surface area (Å²) >= 11 is 0. The molecule has 0 radical (unpaired) electrons. The molecule has 76 valence electrons. The van der Waals surface area contributed by atoms with E-state index in [-0.39, 0.29) is 5.78 Å². The second-order valence-electron chi connectivity index (χ2n) is 3.70. The lowest BCUT2D eigenvalue weighted by Crippen LogP contribution is -2.22. The van der Waals surface area contributed by atoms with Gasteiger partial charge in [0.1, 0.15) is 0 Å². The molecule has 1 rings (SSSR count). The molecule has 0 unspecified atom stereocenters. The molecule has 1 aromatic rings. The molecule has 0 aliphatic carbocycles. The SMILES string of the molecule is Cc1cccc(C(=O)CN(C)C)c1N. The summed E-state index contributed by atoms with van der Waals surface area (Å²) in [7, 11) is 3.73. The first-order valence-corrected chi connectivity index (χ1v) is 4.55. The van der Waals surface area contributed by atoms with Crippen LogP contribution in [0.15, 0.2) is 18.2 Å². The predicted octanol–water partition coefficient (Wildman–Crippen LogP) is 1.32. The molecule has 0 saturated carbocycles. The first-order valence-electron chi connectivity index (χ1n) is 4.55. The summed E-state index contributed by atoms with van der Waals surface area (Å²) in [5, 5.41) is 0. The van der Waals surface area contributed by atoms with E-state index in [2.05, 4.69) is 0 Å². The van der Waals surface area contributed by atoms with E-state index in [1.165, 1.54) is 0 Å². The van der Waals surface area contributed by atoms with E-state index >= 15 is 0 Å². The van der Waals surface area contributed by atoms with Gasteiger partial charge in [0.2, 0.25) is 0 Å². The minimum absolute atomic E-state index is 0.0659. The number of nitrogen functional groups attached to an aromatic ring is 1. The third-order valence-electron chi connectivity index (χ3n) is 2.08. The lowest BCUT2D eigenvalue weighted by molar-refractivity contribution is 0.0958. The minimum Gasteiger partial charge on any atom is -0.398 e. The molecule has 0 aromatic heterocycles. The van der Waals surface area contributed by atoms with Crippen molar-refractivity contribution >= 4 is 11.5 Å². The van der Waals surface area contributed by atoms with E-state index in [4.69, 9.17) is 5.73 Å². The Balaban J connectivity index is 2.96. The van der Waals surface area contributed by atoms with Crippen LogP contribution in [0.3, 0.4) is 0 Å². The molecule has 0 aliphatic rings. The Labute approximate surface area is 84.5 Å². The van der Waals surface area contributed by atoms with Crippen LogP contribution in [0, 0.1) is 6.92 Å². The molecular formula is C11H16N2O. The van der Waals surface area contributed by atoms with Crippen molar-refractivity contribution in [3.63, 3.8) is 0 Å². The van der Waals surface area contributed by atoms with Gasteiger partial charge >= 0.3 is 0 Å². The van der Waals surface area contributed by atoms with Gasteiger partial charge in [-0.2, -0.15) is 0 Å². The van der Waals surface area contributed by atoms with Gasteiger partial charge < -0.3 is 10.6 Å². The van der Waals surface area contributed by atoms with Crippen LogP contribution < -0.4 is 5.73 Å². The van der Waals surface area contributed by atoms with E-state index in [9.17, 15) is 4.79 Å². The molecule has 0 saturated heterocycles. The van der Waals surface area contributed by atoms with Gasteiger partial charge in [0.05, 0.1) is 6.54 Å². The van der Waals surface area contributed by atoms with Gasteiger partial charge in [-0.25, -0.2) is 0 Å². The monoisotopic (exact) mass is 192 g/mol. The van der Waals surface area contributed by atoms with Crippen molar-refractivity contribution in [1.82, 2.24) is 4.90 Å². The van der Waals surface area contributed by atoms with E-state index < -0.39 is 0 Å². The van der Waals surface area contributed by atoms with Crippen LogP contribution in [-0.4, -0.2) is 31.3 Å². The molecule has 14 heavy (non-hydrogen) atoms. The fourth-order valence-corrected chi connectivity index (χ4v) is 1.30. The number of Topliss-reactive ketones (excluding diaryl/α,β-unsaturated/α-hetero) is 1. The second kappa shape index (κ2) is 4.24. The van der Waals surface area contributed by atoms with Crippen LogP contribution in [0.1, 0.15) is 15.9 Å². The average molecular weight is 192 g/mol. The number of rotatable bonds is 3. The fourth-order valence-electron chi connectivity index (χ4n) is 1.30. The maximum atomic E-state index is 11.7. The fraction of sp³-hybridized carbons (Fsp3) is 0.364. The highest BCUT2D eigenvalue weighted by atomic mass is 16.1. The predicted molar refractivity (Wildman–Crippen MR) is 58.5 cm³/mol. The first-order chi connectivity index (χ1) is 6.52. The highest BCUT2D eigenvalue weighted by Crippen LogP contribution is 2.16. The van der Waals surface area contributed by atoms with Gasteiger partial charge in [-0.3, -0.25) is 4.79 Å². The summed E-state index contributed by atoms with van der Waals surface area (Å²) in [6.07, 6.45) is 0. The number of nitrogens with two attached hydrogens (primary N) is 1. The molecule has 0 spiro atoms. The number of hydrogen-bond donors (Lipinski definition) is 1. The zero-order valence-corrected chi connectivity index (χ0v) is 8.87. The van der Waals surface area contributed by atoms with Crippen molar-refractivity contribution in [2.24, 2.45) is 0 Å². The summed E-state index contributed by atoms with van der Waals surface area (Å²) < 4.78 is 0. The van der Waals surface area contributed by atoms with Crippen molar-refractivity contribution in [3.8, 4) is 0 Å². The number of likely N-dealkylation sites (N-methyl/N-ethyl adjacent to an activating group) is 1. The quantitative estimate of drug-likeness (QED) is 0.580. The Morgan fingerprint density at radius 3 is 2.64 bits per heavy atom. The summed E-state index contributed by atoms with van der Waals surface area (Å²) in [4.78, 5) is 13.5. The molecule has 2 N–H and O–H groups in total. The minimum atomic E-state index is 0.0659. The van der Waals surface area contributed by atoms with Gasteiger partial charge in [0.25, 0.3) is 0 Å². The third kappa shape index (κ3) is 2.33. The lowest BCUT2D eigenvalue weighted by atomic mass is 10.0. The molecule has 0 aliphatic heterocycles. The van der Waals surface area contributed by atoms with Crippen LogP contribution in [-0.2, 0) is 0 Å². The lowest BCUT2D eigenvalue weighted by Gasteiger charge is -2.11. The molecular weight excluding hydrogens is 176 g/mol. The largest absolute Gasteiger partial charge is 0.398 e. The van der Waals surface area contributed by atoms with E-state index in [1.807, 2.05) is 38.1 Å². The molecule has 0 bridgehead atoms. The van der Waals surface area contributed by atoms with E-state index in [0.717, 1.165) is 5.56 Å². The van der Waals surface area contributed by atoms with Crippen LogP contribution in [0.4, 0.5) is 5.69 Å². The smallest absolute Gasteiger partial charge is 0.178 e. The highest BCUT2D eigenvalue weighted by molar-refractivity contribution is 6.02. The van der Waals surface area contributed by atoms with Gasteiger partial charge in [-0.05, 0) is 32.6 Å². The van der Waals surface area contributed by atoms with Crippen LogP contribution in [0.5, 0.6) is 0 Å². The maximum absolute atomic E-state index is 11.7. The molecule has 0 heterocycles. The summed E-state index contributed by atoms with van der Waals surface area (Å²) in [5.74, 6) is 0.0659. The zero-order valence-electron chi connectivity index (χ0n) is 8.87. The Hall–Kier alpha value is -1.35. The van der Waals surface area contributed by atoms with Crippen LogP contribution >= 0.6 is 0 Å². The van der Waals surface area contributed by atoms with Crippen molar-refractivity contribution in [2.75, 3.05) is 26.4 Å². The number of anilines is 1. The third-order valence-corrected chi connectivity index (χ3v) is 2.08. The normalized spacial score (nSPS) is 10.6. The number of para-hydroxylation sites is 1. The Bertz CT molecular complexity index is 345. The van der Waals surface area contributed by atoms with E-state index in [0.29, 0.717) is 17.8 Å². The molecule has 0 atom stereocenters. The number of benzene rings is 1. The Kier molecular flexibility index (Phi) is 3.25. The first kappa shape index (κ1) is 10.7. The van der Waals surface area contributed by atoms with Gasteiger partial charge in [0.15, 0.2) is 5.78 Å². The van der Waals surface area contributed by atoms with Crippen molar-refractivity contribution in [2.45, 2.75) is 6.92 Å². The number of hydrogen-bond acceptors (Lipinski definition) is 3. The summed E-state index contributed by atoms with van der Waals surface area (Å²) in [6.45, 7) is 2.30. The number of aryl methyl sites for hydroxylation is 1. The molecule has 3 nitrogen and oxygen atoms in total. The number of carbonyl (C=O) groups excluding carboxylic acids is 1. The van der Waals surface area contributed by atoms with Gasteiger partial charge in [0, 0.05) is 11.3 Å². The number of nitrogens with zero attached hydrogens (tertiary/aromatic N) is 1. The highest BCUT2D eigenvalue weighted by Gasteiger charge is 2.11. The topological polar surface area (TPSA) is 46.3 Å². The van der Waals surface area contributed by atoms with Crippen LogP contribution in [0.25, 0.3) is 0 Å². The van der Waals surface area contributed by atoms with Crippen molar-refractivity contribution in [3.05, 3.63) is 29.3 Å².